The van der Waals surface area contributed by atoms with Crippen LogP contribution in [0.4, 0.5) is 9.59 Å². The van der Waals surface area contributed by atoms with Crippen LogP contribution >= 0.6 is 12.4 Å². The summed E-state index contributed by atoms with van der Waals surface area (Å²) in [6.45, 7) is 7.93. The molecule has 2 amide bonds. The molecule has 0 aromatic rings. The fourth-order valence-corrected chi connectivity index (χ4v) is 0.857. The fraction of sp³-hybridized carbons (Fsp3) is 0.700. The summed E-state index contributed by atoms with van der Waals surface area (Å²) in [6.07, 6.45) is -2.51. The van der Waals surface area contributed by atoms with E-state index >= 15 is 0 Å². The lowest BCUT2D eigenvalue weighted by molar-refractivity contribution is 0.0681. The number of halogens is 1. The first-order chi connectivity index (χ1) is 7.25. The first-order valence-corrected chi connectivity index (χ1v) is 5.02. The highest BCUT2D eigenvalue weighted by Crippen LogP contribution is 2.04. The van der Waals surface area contributed by atoms with Crippen molar-refractivity contribution >= 4 is 30.4 Å². The number of amides is 2. The zero-order valence-corrected chi connectivity index (χ0v) is 11.5. The molecule has 0 aliphatic heterocycles. The molecule has 100 valence electrons. The SMILES string of the molecule is CC(=N)N(C(=O)OC(C)C)C(=O)OC(C)C.Cl. The van der Waals surface area contributed by atoms with Crippen LogP contribution in [0.1, 0.15) is 34.6 Å². The number of nitrogens with one attached hydrogen (secondary N) is 1. The molecule has 0 bridgehead atoms. The Labute approximate surface area is 107 Å². The van der Waals surface area contributed by atoms with Crippen molar-refractivity contribution in [2.75, 3.05) is 0 Å². The summed E-state index contributed by atoms with van der Waals surface area (Å²) < 4.78 is 9.64. The highest BCUT2D eigenvalue weighted by atomic mass is 35.5. The van der Waals surface area contributed by atoms with Gasteiger partial charge in [-0.1, -0.05) is 0 Å². The van der Waals surface area contributed by atoms with Crippen LogP contribution in [-0.4, -0.2) is 35.1 Å². The average Bonchev–Trinajstić information content (AvgIpc) is 1.98. The zero-order valence-electron chi connectivity index (χ0n) is 10.6. The number of carbonyl (C=O) groups is 2. The molecule has 0 aliphatic rings. The standard InChI is InChI=1S/C10H18N2O4.ClH/c1-6(2)15-9(13)12(8(5)11)10(14)16-7(3)4;/h6-7,11H,1-5H3;1H. The van der Waals surface area contributed by atoms with Crippen molar-refractivity contribution in [2.45, 2.75) is 46.8 Å². The molecule has 1 N–H and O–H groups in total. The summed E-state index contributed by atoms with van der Waals surface area (Å²) in [5, 5.41) is 7.33. The van der Waals surface area contributed by atoms with Gasteiger partial charge < -0.3 is 9.47 Å². The second kappa shape index (κ2) is 7.89. The number of amidine groups is 1. The van der Waals surface area contributed by atoms with Gasteiger partial charge in [0.15, 0.2) is 0 Å². The molecule has 0 saturated carbocycles. The summed E-state index contributed by atoms with van der Waals surface area (Å²) in [5.74, 6) is -0.240. The lowest BCUT2D eigenvalue weighted by atomic mass is 10.5. The lowest BCUT2D eigenvalue weighted by Gasteiger charge is -2.20. The molecule has 17 heavy (non-hydrogen) atoms. The number of imide groups is 1. The lowest BCUT2D eigenvalue weighted by Crippen LogP contribution is -2.42. The molecule has 6 nitrogen and oxygen atoms in total. The predicted octanol–water partition coefficient (Wildman–Crippen LogP) is 2.80. The third-order valence-corrected chi connectivity index (χ3v) is 1.37. The largest absolute Gasteiger partial charge is 0.446 e. The molecule has 0 heterocycles. The molecule has 0 aromatic carbocycles. The number of rotatable bonds is 2. The quantitative estimate of drug-likeness (QED) is 0.616. The maximum Gasteiger partial charge on any atom is 0.425 e. The van der Waals surface area contributed by atoms with Crippen molar-refractivity contribution in [3.8, 4) is 0 Å². The van der Waals surface area contributed by atoms with Crippen molar-refractivity contribution in [1.29, 1.82) is 5.41 Å². The van der Waals surface area contributed by atoms with E-state index in [1.165, 1.54) is 6.92 Å². The Bertz CT molecular complexity index is 270. The maximum absolute atomic E-state index is 11.5. The Morgan fingerprint density at radius 2 is 1.29 bits per heavy atom. The number of carbonyl (C=O) groups excluding carboxylic acids is 2. The van der Waals surface area contributed by atoms with Gasteiger partial charge in [0.2, 0.25) is 0 Å². The minimum Gasteiger partial charge on any atom is -0.446 e. The highest BCUT2D eigenvalue weighted by molar-refractivity contribution is 6.06. The van der Waals surface area contributed by atoms with Gasteiger partial charge in [-0.2, -0.15) is 4.90 Å². The third kappa shape index (κ3) is 6.78. The molecule has 0 atom stereocenters. The van der Waals surface area contributed by atoms with Crippen molar-refractivity contribution in [1.82, 2.24) is 4.90 Å². The van der Waals surface area contributed by atoms with Gasteiger partial charge in [-0.25, -0.2) is 9.59 Å². The minimum absolute atomic E-state index is 0. The van der Waals surface area contributed by atoms with Crippen LogP contribution in [0.25, 0.3) is 0 Å². The molecule has 7 heteroatoms. The van der Waals surface area contributed by atoms with Crippen LogP contribution in [0, 0.1) is 5.41 Å². The van der Waals surface area contributed by atoms with Crippen molar-refractivity contribution in [3.63, 3.8) is 0 Å². The van der Waals surface area contributed by atoms with E-state index in [1.54, 1.807) is 27.7 Å². The van der Waals surface area contributed by atoms with Crippen LogP contribution in [0.5, 0.6) is 0 Å². The summed E-state index contributed by atoms with van der Waals surface area (Å²) in [7, 11) is 0. The van der Waals surface area contributed by atoms with Crippen molar-refractivity contribution in [2.24, 2.45) is 0 Å². The molecule has 0 rings (SSSR count). The Morgan fingerprint density at radius 1 is 1.00 bits per heavy atom. The van der Waals surface area contributed by atoms with Crippen LogP contribution in [-0.2, 0) is 9.47 Å². The summed E-state index contributed by atoms with van der Waals surface area (Å²) >= 11 is 0. The highest BCUT2D eigenvalue weighted by Gasteiger charge is 2.27. The van der Waals surface area contributed by atoms with Gasteiger partial charge in [-0.15, -0.1) is 12.4 Å². The van der Waals surface area contributed by atoms with E-state index in [1.807, 2.05) is 0 Å². The average molecular weight is 267 g/mol. The Balaban J connectivity index is 0. The molecule has 0 fully saturated rings. The van der Waals surface area contributed by atoms with Crippen LogP contribution in [0.15, 0.2) is 0 Å². The molecule has 0 radical (unpaired) electrons. The first-order valence-electron chi connectivity index (χ1n) is 5.02. The number of hydrogen-bond acceptors (Lipinski definition) is 5. The molecule has 0 unspecified atom stereocenters. The molecule has 0 spiro atoms. The van der Waals surface area contributed by atoms with Crippen molar-refractivity contribution < 1.29 is 19.1 Å². The smallest absolute Gasteiger partial charge is 0.425 e. The van der Waals surface area contributed by atoms with E-state index in [9.17, 15) is 9.59 Å². The summed E-state index contributed by atoms with van der Waals surface area (Å²) in [4.78, 5) is 23.5. The number of hydrogen-bond donors (Lipinski definition) is 1. The summed E-state index contributed by atoms with van der Waals surface area (Å²) in [5.41, 5.74) is 0. The molecule has 0 aromatic heterocycles. The van der Waals surface area contributed by atoms with Crippen molar-refractivity contribution in [3.05, 3.63) is 0 Å². The molecule has 0 aliphatic carbocycles. The van der Waals surface area contributed by atoms with Crippen LogP contribution < -0.4 is 0 Å². The van der Waals surface area contributed by atoms with Gasteiger partial charge in [0.05, 0.1) is 12.2 Å². The van der Waals surface area contributed by atoms with E-state index < -0.39 is 12.2 Å². The Hall–Kier alpha value is -1.30. The van der Waals surface area contributed by atoms with E-state index in [-0.39, 0.29) is 30.5 Å². The fourth-order valence-electron chi connectivity index (χ4n) is 0.857. The minimum atomic E-state index is -0.895. The van der Waals surface area contributed by atoms with E-state index in [0.29, 0.717) is 4.90 Å². The van der Waals surface area contributed by atoms with Gasteiger partial charge in [0.1, 0.15) is 5.84 Å². The van der Waals surface area contributed by atoms with Crippen LogP contribution in [0.2, 0.25) is 0 Å². The monoisotopic (exact) mass is 266 g/mol. The Morgan fingerprint density at radius 3 is 1.47 bits per heavy atom. The maximum atomic E-state index is 11.5. The summed E-state index contributed by atoms with van der Waals surface area (Å²) in [6, 6.07) is 0. The van der Waals surface area contributed by atoms with E-state index in [4.69, 9.17) is 14.9 Å². The second-order valence-corrected chi connectivity index (χ2v) is 3.79. The van der Waals surface area contributed by atoms with Gasteiger partial charge in [0, 0.05) is 0 Å². The van der Waals surface area contributed by atoms with Crippen LogP contribution in [0.3, 0.4) is 0 Å². The van der Waals surface area contributed by atoms with Gasteiger partial charge >= 0.3 is 12.2 Å². The normalized spacial score (nSPS) is 9.59. The Kier molecular flexibility index (Phi) is 8.39. The number of nitrogens with zero attached hydrogens (tertiary/aromatic N) is 1. The van der Waals surface area contributed by atoms with E-state index in [0.717, 1.165) is 0 Å². The predicted molar refractivity (Wildman–Crippen MR) is 65.7 cm³/mol. The molecular weight excluding hydrogens is 248 g/mol. The van der Waals surface area contributed by atoms with Gasteiger partial charge in [-0.3, -0.25) is 5.41 Å². The third-order valence-electron chi connectivity index (χ3n) is 1.37. The van der Waals surface area contributed by atoms with E-state index in [2.05, 4.69) is 0 Å². The first kappa shape index (κ1) is 18.1. The van der Waals surface area contributed by atoms with Gasteiger partial charge in [0.25, 0.3) is 0 Å². The number of ether oxygens (including phenoxy) is 2. The second-order valence-electron chi connectivity index (χ2n) is 3.79. The zero-order chi connectivity index (χ0) is 12.9. The topological polar surface area (TPSA) is 79.7 Å². The molecular formula is C10H19ClN2O4. The van der Waals surface area contributed by atoms with Gasteiger partial charge in [-0.05, 0) is 34.6 Å². The molecule has 0 saturated heterocycles.